The van der Waals surface area contributed by atoms with Gasteiger partial charge >= 0.3 is 5.97 Å². The maximum Gasteiger partial charge on any atom is 0.350 e. The summed E-state index contributed by atoms with van der Waals surface area (Å²) in [5.41, 5.74) is 12.2. The summed E-state index contributed by atoms with van der Waals surface area (Å²) < 4.78 is 0. The van der Waals surface area contributed by atoms with E-state index in [9.17, 15) is 29.4 Å². The number of nitrogens with zero attached hydrogens (tertiary/aromatic N) is 4. The van der Waals surface area contributed by atoms with Crippen LogP contribution in [0.25, 0.3) is 0 Å². The maximum absolute atomic E-state index is 13.3. The molecule has 5 rings (SSSR count). The molecule has 0 saturated carbocycles. The van der Waals surface area contributed by atoms with Gasteiger partial charge in [-0.05, 0) is 31.8 Å². The Morgan fingerprint density at radius 3 is 2.75 bits per heavy atom. The molecule has 1 aromatic heterocycles. The molecule has 236 valence electrons. The second-order valence-electron chi connectivity index (χ2n) is 10.8. The number of amides is 2. The summed E-state index contributed by atoms with van der Waals surface area (Å²) in [5.74, 6) is -3.16. The third-order valence-electron chi connectivity index (χ3n) is 8.02. The predicted octanol–water partition coefficient (Wildman–Crippen LogP) is -1.56. The van der Waals surface area contributed by atoms with Crippen molar-refractivity contribution in [2.24, 2.45) is 15.9 Å². The Morgan fingerprint density at radius 2 is 2.11 bits per heavy atom. The zero-order valence-electron chi connectivity index (χ0n) is 24.1. The number of oxime groups is 1. The van der Waals surface area contributed by atoms with Gasteiger partial charge < -0.3 is 36.6 Å². The average Bonchev–Trinajstić information content (AvgIpc) is 3.66. The summed E-state index contributed by atoms with van der Waals surface area (Å²) in [6.07, 6.45) is 2.93. The number of β-lactam (4-membered cyclic amide) rings is 1. The number of anilines is 1. The molecule has 5 atom stereocenters. The number of carbonyl (C=O) groups is 4. The molecule has 44 heavy (non-hydrogen) atoms. The van der Waals surface area contributed by atoms with Crippen LogP contribution in [-0.4, -0.2) is 91.4 Å². The molecule has 7 N–H and O–H groups in total. The van der Waals surface area contributed by atoms with Crippen molar-refractivity contribution in [1.29, 1.82) is 0 Å². The lowest BCUT2D eigenvalue weighted by Gasteiger charge is -2.50. The van der Waals surface area contributed by atoms with Crippen LogP contribution in [0.4, 0.5) is 5.13 Å². The number of aliphatic carboxylic acids is 2. The Kier molecular flexibility index (Phi) is 8.97. The van der Waals surface area contributed by atoms with Crippen LogP contribution in [0.1, 0.15) is 45.2 Å². The number of hydrogen-bond acceptors (Lipinski definition) is 14. The van der Waals surface area contributed by atoms with Gasteiger partial charge in [-0.1, -0.05) is 23.8 Å². The van der Waals surface area contributed by atoms with E-state index in [1.54, 1.807) is 6.92 Å². The number of thioether (sulfide) groups is 2. The number of carbonyl (C=O) groups excluding carboxylic acids is 3. The van der Waals surface area contributed by atoms with Crippen molar-refractivity contribution in [3.05, 3.63) is 33.6 Å². The van der Waals surface area contributed by atoms with Crippen LogP contribution in [0.2, 0.25) is 0 Å². The highest BCUT2D eigenvalue weighted by Crippen LogP contribution is 2.41. The van der Waals surface area contributed by atoms with Crippen molar-refractivity contribution in [3.8, 4) is 0 Å². The van der Waals surface area contributed by atoms with E-state index in [-0.39, 0.29) is 39.9 Å². The van der Waals surface area contributed by atoms with Crippen LogP contribution in [0.15, 0.2) is 38.1 Å². The maximum atomic E-state index is 13.3. The van der Waals surface area contributed by atoms with Crippen LogP contribution in [0.5, 0.6) is 0 Å². The lowest BCUT2D eigenvalue weighted by molar-refractivity contribution is -0.851. The minimum absolute atomic E-state index is 0.0296. The molecule has 1 saturated heterocycles. The van der Waals surface area contributed by atoms with E-state index in [1.807, 2.05) is 7.05 Å². The van der Waals surface area contributed by atoms with Gasteiger partial charge in [-0.2, -0.15) is 4.99 Å². The van der Waals surface area contributed by atoms with Gasteiger partial charge in [0.05, 0.1) is 24.3 Å². The van der Waals surface area contributed by atoms with Crippen LogP contribution < -0.4 is 26.8 Å². The Morgan fingerprint density at radius 1 is 1.36 bits per heavy atom. The lowest BCUT2D eigenvalue weighted by atomic mass is 10.0. The Balaban J connectivity index is 1.31. The van der Waals surface area contributed by atoms with E-state index in [1.165, 1.54) is 41.5 Å². The zero-order chi connectivity index (χ0) is 31.9. The van der Waals surface area contributed by atoms with Gasteiger partial charge in [0.25, 0.3) is 11.8 Å². The monoisotopic (exact) mass is 664 g/mol. The molecule has 1 aliphatic carbocycles. The van der Waals surface area contributed by atoms with Gasteiger partial charge in [0.2, 0.25) is 11.1 Å². The number of nitrogen functional groups attached to an aromatic ring is 1. The number of aliphatic imine (C=N–C) groups is 1. The summed E-state index contributed by atoms with van der Waals surface area (Å²) in [4.78, 5) is 66.7. The number of thiazole rings is 1. The molecule has 0 bridgehead atoms. The topological polar surface area (TPSA) is 230 Å². The SMILES string of the molecule is CCC(C)(O/N=C(\C(=O)NC1C(=O)N2C(C(=O)[O-])=C(CSC3N=C(N)C4=C(CCC4)[NH+]3C)CS[C@H]12)c1csc(N)n1)C(=O)O. The summed E-state index contributed by atoms with van der Waals surface area (Å²) in [5, 5.41) is 29.1. The molecule has 4 aliphatic rings. The van der Waals surface area contributed by atoms with Gasteiger partial charge in [-0.3, -0.25) is 19.4 Å². The highest BCUT2D eigenvalue weighted by molar-refractivity contribution is 8.01. The largest absolute Gasteiger partial charge is 0.543 e. The highest BCUT2D eigenvalue weighted by Gasteiger charge is 2.53. The van der Waals surface area contributed by atoms with Crippen LogP contribution in [0, 0.1) is 0 Å². The molecule has 2 amide bonds. The number of rotatable bonds is 11. The van der Waals surface area contributed by atoms with E-state index >= 15 is 0 Å². The number of hydrogen-bond donors (Lipinski definition) is 5. The van der Waals surface area contributed by atoms with Crippen molar-refractivity contribution in [3.63, 3.8) is 0 Å². The smallest absolute Gasteiger partial charge is 0.350 e. The fraction of sp³-hybridized carbons (Fsp3) is 0.500. The highest BCUT2D eigenvalue weighted by atomic mass is 32.2. The first-order chi connectivity index (χ1) is 20.9. The molecule has 4 heterocycles. The molecule has 0 radical (unpaired) electrons. The molecular weight excluding hydrogens is 633 g/mol. The van der Waals surface area contributed by atoms with Gasteiger partial charge in [-0.15, -0.1) is 23.1 Å². The second kappa shape index (κ2) is 12.4. The lowest BCUT2D eigenvalue weighted by Crippen LogP contribution is -3.11. The van der Waals surface area contributed by atoms with Crippen molar-refractivity contribution >= 4 is 75.3 Å². The van der Waals surface area contributed by atoms with Crippen molar-refractivity contribution in [1.82, 2.24) is 15.2 Å². The quantitative estimate of drug-likeness (QED) is 0.103. The molecule has 0 spiro atoms. The molecule has 3 aliphatic heterocycles. The van der Waals surface area contributed by atoms with Crippen molar-refractivity contribution in [2.75, 3.05) is 24.3 Å². The van der Waals surface area contributed by atoms with Crippen molar-refractivity contribution < 1.29 is 39.1 Å². The van der Waals surface area contributed by atoms with Gasteiger partial charge in [-0.25, -0.2) is 9.78 Å². The summed E-state index contributed by atoms with van der Waals surface area (Å²) in [6, 6.07) is -1.08. The standard InChI is InChI=1S/C26H32N8O7S3/c1-4-26(2,23(39)40)41-32-15(13-10-43-24(28)29-13)19(35)30-16-20(36)34-17(22(37)38)11(8-42-21(16)34)9-44-25-31-18(27)12-6-5-7-14(12)33(25)3/h10,16,21,25H,4-9H2,1-3H3,(H2,27,31)(H2,28,29)(H,30,35)(H,37,38)(H,39,40)/b32-15-/t16?,21-,25?,26?/m1/s1. The van der Waals surface area contributed by atoms with Gasteiger partial charge in [0, 0.05) is 23.3 Å². The predicted molar refractivity (Wildman–Crippen MR) is 163 cm³/mol. The third-order valence-corrected chi connectivity index (χ3v) is 11.3. The first-order valence-corrected chi connectivity index (χ1v) is 16.7. The van der Waals surface area contributed by atoms with E-state index in [0.717, 1.165) is 46.0 Å². The number of nitrogens with two attached hydrogens (primary N) is 2. The molecule has 15 nitrogen and oxygen atoms in total. The van der Waals surface area contributed by atoms with Crippen molar-refractivity contribution in [2.45, 2.75) is 62.0 Å². The first-order valence-electron chi connectivity index (χ1n) is 13.8. The van der Waals surface area contributed by atoms with Crippen LogP contribution in [-0.2, 0) is 24.0 Å². The van der Waals surface area contributed by atoms with E-state index < -0.39 is 40.8 Å². The number of carboxylic acid groups (broad SMARTS) is 2. The zero-order valence-corrected chi connectivity index (χ0v) is 26.6. The van der Waals surface area contributed by atoms with Crippen LogP contribution >= 0.6 is 34.9 Å². The second-order valence-corrected chi connectivity index (χ2v) is 13.8. The minimum Gasteiger partial charge on any atom is -0.543 e. The molecule has 1 aromatic rings. The van der Waals surface area contributed by atoms with E-state index in [0.29, 0.717) is 17.2 Å². The number of aromatic nitrogens is 1. The fourth-order valence-corrected chi connectivity index (χ4v) is 8.45. The number of quaternary nitrogens is 1. The number of fused-ring (bicyclic) bond motifs is 1. The first kappa shape index (κ1) is 31.8. The Labute approximate surface area is 264 Å². The van der Waals surface area contributed by atoms with Gasteiger partial charge in [0.1, 0.15) is 28.6 Å². The Bertz CT molecular complexity index is 1540. The number of amidine groups is 1. The Hall–Kier alpha value is -3.61. The van der Waals surface area contributed by atoms with E-state index in [4.69, 9.17) is 16.3 Å². The van der Waals surface area contributed by atoms with Crippen LogP contribution in [0.3, 0.4) is 0 Å². The molecule has 18 heteroatoms. The molecule has 4 unspecified atom stereocenters. The number of carboxylic acids is 2. The number of allylic oxidation sites excluding steroid dienone is 1. The summed E-state index contributed by atoms with van der Waals surface area (Å²) >= 11 is 3.78. The van der Waals surface area contributed by atoms with Gasteiger partial charge in [0.15, 0.2) is 10.8 Å². The molecular formula is C26H32N8O7S3. The molecule has 0 aromatic carbocycles. The third kappa shape index (κ3) is 5.78. The minimum atomic E-state index is -1.72. The summed E-state index contributed by atoms with van der Waals surface area (Å²) in [6.45, 7) is 2.89. The molecule has 1 fully saturated rings. The summed E-state index contributed by atoms with van der Waals surface area (Å²) in [7, 11) is 2.02. The normalized spacial score (nSPS) is 26.3. The van der Waals surface area contributed by atoms with E-state index in [2.05, 4.69) is 20.4 Å². The fourth-order valence-electron chi connectivity index (χ4n) is 5.25. The number of nitrogens with one attached hydrogen (secondary N) is 2. The average molecular weight is 665 g/mol.